The Balaban J connectivity index is 1.99. The Hall–Kier alpha value is -2.30. The molecule has 0 saturated carbocycles. The summed E-state index contributed by atoms with van der Waals surface area (Å²) in [5.74, 6) is -1.21. The quantitative estimate of drug-likeness (QED) is 0.457. The first kappa shape index (κ1) is 21.4. The zero-order valence-corrected chi connectivity index (χ0v) is 17.6. The molecule has 9 nitrogen and oxygen atoms in total. The minimum atomic E-state index is -3.71. The van der Waals surface area contributed by atoms with Crippen molar-refractivity contribution in [3.8, 4) is 5.75 Å². The van der Waals surface area contributed by atoms with E-state index in [-0.39, 0.29) is 57.2 Å². The van der Waals surface area contributed by atoms with E-state index in [9.17, 15) is 18.0 Å². The molecular weight excluding hydrogens is 443 g/mol. The van der Waals surface area contributed by atoms with E-state index in [1.165, 1.54) is 23.3 Å². The van der Waals surface area contributed by atoms with Crippen molar-refractivity contribution in [2.45, 2.75) is 30.7 Å². The summed E-state index contributed by atoms with van der Waals surface area (Å²) in [5.41, 5.74) is -0.180. The Morgan fingerprint density at radius 2 is 2.03 bits per heavy atom. The van der Waals surface area contributed by atoms with Crippen LogP contribution in [0.4, 0.5) is 0 Å². The van der Waals surface area contributed by atoms with Gasteiger partial charge in [0.2, 0.25) is 0 Å². The van der Waals surface area contributed by atoms with Gasteiger partial charge >= 0.3 is 0 Å². The summed E-state index contributed by atoms with van der Waals surface area (Å²) in [4.78, 5) is 26.2. The van der Waals surface area contributed by atoms with E-state index >= 15 is 0 Å². The third-order valence-electron chi connectivity index (χ3n) is 4.21. The topological polar surface area (TPSA) is 121 Å². The van der Waals surface area contributed by atoms with Gasteiger partial charge in [-0.25, -0.2) is 8.42 Å². The molecule has 0 radical (unpaired) electrons. The number of ketones is 2. The zero-order chi connectivity index (χ0) is 21.2. The largest absolute Gasteiger partial charge is 0.489 e. The number of Topliss-reactive ketones (excluding diaryl/α,β-unsaturated/α-hetero) is 2. The SMILES string of the molecule is CS(=O)(=O)c1ccc(C(=O)C2=C(Cl)CCCC2=O)c(Cl)c1OCCn1ncnn1. The smallest absolute Gasteiger partial charge is 0.199 e. The minimum absolute atomic E-state index is 0.0291. The van der Waals surface area contributed by atoms with Gasteiger partial charge in [-0.2, -0.15) is 4.80 Å². The fourth-order valence-electron chi connectivity index (χ4n) is 2.85. The number of tetrazole rings is 1. The molecule has 1 aromatic heterocycles. The van der Waals surface area contributed by atoms with Gasteiger partial charge < -0.3 is 4.74 Å². The second kappa shape index (κ2) is 8.60. The number of hydrogen-bond acceptors (Lipinski definition) is 8. The number of carbonyl (C=O) groups excluding carboxylic acids is 2. The average molecular weight is 459 g/mol. The van der Waals surface area contributed by atoms with E-state index < -0.39 is 15.6 Å². The summed E-state index contributed by atoms with van der Waals surface area (Å²) in [7, 11) is -3.71. The highest BCUT2D eigenvalue weighted by Gasteiger charge is 2.30. The van der Waals surface area contributed by atoms with E-state index in [0.717, 1.165) is 6.26 Å². The number of nitrogens with zero attached hydrogens (tertiary/aromatic N) is 4. The number of sulfone groups is 1. The van der Waals surface area contributed by atoms with E-state index in [2.05, 4.69) is 15.4 Å². The van der Waals surface area contributed by atoms with Crippen molar-refractivity contribution in [1.82, 2.24) is 20.2 Å². The van der Waals surface area contributed by atoms with E-state index in [0.29, 0.717) is 12.8 Å². The first-order valence-corrected chi connectivity index (χ1v) is 11.2. The lowest BCUT2D eigenvalue weighted by Gasteiger charge is -2.17. The Labute approximate surface area is 176 Å². The number of allylic oxidation sites excluding steroid dienone is 2. The minimum Gasteiger partial charge on any atom is -0.489 e. The Morgan fingerprint density at radius 3 is 2.66 bits per heavy atom. The highest BCUT2D eigenvalue weighted by Crippen LogP contribution is 2.38. The van der Waals surface area contributed by atoms with Crippen molar-refractivity contribution >= 4 is 44.6 Å². The molecule has 0 atom stereocenters. The maximum absolute atomic E-state index is 12.9. The number of benzene rings is 1. The molecule has 0 aliphatic heterocycles. The van der Waals surface area contributed by atoms with Gasteiger partial charge in [-0.1, -0.05) is 23.2 Å². The van der Waals surface area contributed by atoms with Crippen LogP contribution in [0.1, 0.15) is 29.6 Å². The fourth-order valence-corrected chi connectivity index (χ4v) is 4.35. The lowest BCUT2D eigenvalue weighted by Crippen LogP contribution is -2.19. The van der Waals surface area contributed by atoms with Crippen LogP contribution in [0.2, 0.25) is 5.02 Å². The van der Waals surface area contributed by atoms with Crippen LogP contribution in [0.15, 0.2) is 34.0 Å². The van der Waals surface area contributed by atoms with Crippen molar-refractivity contribution in [3.05, 3.63) is 39.7 Å². The molecule has 29 heavy (non-hydrogen) atoms. The number of rotatable bonds is 7. The number of halogens is 2. The van der Waals surface area contributed by atoms with Crippen LogP contribution < -0.4 is 4.74 Å². The van der Waals surface area contributed by atoms with Crippen LogP contribution in [0.5, 0.6) is 5.75 Å². The van der Waals surface area contributed by atoms with Crippen LogP contribution in [0, 0.1) is 0 Å². The third kappa shape index (κ3) is 4.65. The normalized spacial score (nSPS) is 14.9. The van der Waals surface area contributed by atoms with Gasteiger partial charge in [0.05, 0.1) is 17.1 Å². The third-order valence-corrected chi connectivity index (χ3v) is 6.09. The summed E-state index contributed by atoms with van der Waals surface area (Å²) in [6.45, 7) is 0.145. The van der Waals surface area contributed by atoms with Gasteiger partial charge in [0.25, 0.3) is 0 Å². The van der Waals surface area contributed by atoms with Crippen LogP contribution >= 0.6 is 23.2 Å². The maximum atomic E-state index is 12.9. The number of hydrogen-bond donors (Lipinski definition) is 0. The van der Waals surface area contributed by atoms with Crippen molar-refractivity contribution in [2.75, 3.05) is 12.9 Å². The van der Waals surface area contributed by atoms with Gasteiger partial charge in [-0.15, -0.1) is 10.2 Å². The fraction of sp³-hybridized carbons (Fsp3) is 0.353. The monoisotopic (exact) mass is 458 g/mol. The maximum Gasteiger partial charge on any atom is 0.199 e. The summed E-state index contributed by atoms with van der Waals surface area (Å²) in [6, 6.07) is 2.48. The number of ether oxygens (including phenoxy) is 1. The summed E-state index contributed by atoms with van der Waals surface area (Å²) in [5, 5.41) is 11.0. The van der Waals surface area contributed by atoms with Crippen LogP contribution in [0.3, 0.4) is 0 Å². The Kier molecular flexibility index (Phi) is 6.35. The lowest BCUT2D eigenvalue weighted by atomic mass is 9.91. The first-order chi connectivity index (χ1) is 13.7. The van der Waals surface area contributed by atoms with Crippen molar-refractivity contribution in [2.24, 2.45) is 0 Å². The van der Waals surface area contributed by atoms with Gasteiger partial charge in [0, 0.05) is 23.3 Å². The average Bonchev–Trinajstić information content (AvgIpc) is 3.15. The van der Waals surface area contributed by atoms with Gasteiger partial charge in [-0.05, 0) is 30.2 Å². The molecule has 0 bridgehead atoms. The van der Waals surface area contributed by atoms with Crippen molar-refractivity contribution < 1.29 is 22.7 Å². The molecule has 0 saturated heterocycles. The molecule has 1 aliphatic carbocycles. The first-order valence-electron chi connectivity index (χ1n) is 8.53. The molecule has 154 valence electrons. The van der Waals surface area contributed by atoms with Gasteiger partial charge in [0.1, 0.15) is 11.5 Å². The predicted molar refractivity (Wildman–Crippen MR) is 104 cm³/mol. The van der Waals surface area contributed by atoms with E-state index in [4.69, 9.17) is 27.9 Å². The summed E-state index contributed by atoms with van der Waals surface area (Å²) < 4.78 is 29.8. The molecule has 2 aromatic rings. The highest BCUT2D eigenvalue weighted by atomic mass is 35.5. The van der Waals surface area contributed by atoms with Crippen molar-refractivity contribution in [3.63, 3.8) is 0 Å². The second-order valence-electron chi connectivity index (χ2n) is 6.29. The second-order valence-corrected chi connectivity index (χ2v) is 9.11. The van der Waals surface area contributed by atoms with Crippen LogP contribution in [-0.4, -0.2) is 53.1 Å². The zero-order valence-electron chi connectivity index (χ0n) is 15.3. The van der Waals surface area contributed by atoms with Crippen molar-refractivity contribution in [1.29, 1.82) is 0 Å². The van der Waals surface area contributed by atoms with Crippen LogP contribution in [0.25, 0.3) is 0 Å². The Bertz CT molecular complexity index is 1100. The molecule has 0 amide bonds. The molecule has 3 rings (SSSR count). The molecular formula is C17H16Cl2N4O5S. The lowest BCUT2D eigenvalue weighted by molar-refractivity contribution is -0.115. The number of aromatic nitrogens is 4. The molecule has 12 heteroatoms. The van der Waals surface area contributed by atoms with Crippen LogP contribution in [-0.2, 0) is 21.2 Å². The van der Waals surface area contributed by atoms with E-state index in [1.807, 2.05) is 0 Å². The predicted octanol–water partition coefficient (Wildman–Crippen LogP) is 2.24. The molecule has 1 aliphatic rings. The highest BCUT2D eigenvalue weighted by molar-refractivity contribution is 7.90. The molecule has 0 spiro atoms. The Morgan fingerprint density at radius 1 is 1.28 bits per heavy atom. The molecule has 1 aromatic carbocycles. The molecule has 0 fully saturated rings. The van der Waals surface area contributed by atoms with Gasteiger partial charge in [0.15, 0.2) is 33.5 Å². The standard InChI is InChI=1S/C17H16Cl2N4O5S/c1-29(26,27)13-6-5-10(16(25)14-11(18)3-2-4-12(14)24)15(19)17(13)28-8-7-23-21-9-20-22-23/h5-6,9H,2-4,7-8H2,1H3. The van der Waals surface area contributed by atoms with E-state index in [1.54, 1.807) is 0 Å². The number of carbonyl (C=O) groups is 2. The molecule has 0 unspecified atom stereocenters. The summed E-state index contributed by atoms with van der Waals surface area (Å²) in [6.07, 6.45) is 3.44. The molecule has 0 N–H and O–H groups in total. The van der Waals surface area contributed by atoms with Gasteiger partial charge in [-0.3, -0.25) is 9.59 Å². The molecule has 1 heterocycles. The summed E-state index contributed by atoms with van der Waals surface area (Å²) >= 11 is 12.5.